The average Bonchev–Trinajstić information content (AvgIpc) is 2.64. The Morgan fingerprint density at radius 1 is 0.966 bits per heavy atom. The summed E-state index contributed by atoms with van der Waals surface area (Å²) in [5, 5.41) is 3.34. The number of benzene rings is 2. The Bertz CT molecular complexity index is 890. The van der Waals surface area contributed by atoms with Crippen LogP contribution in [0.15, 0.2) is 66.4 Å². The number of hydrogen-bond acceptors (Lipinski definition) is 4. The Hall–Kier alpha value is -2.96. The number of anilines is 1. The lowest BCUT2D eigenvalue weighted by atomic mass is 9.91. The number of rotatable bonds is 5. The quantitative estimate of drug-likeness (QED) is 0.650. The predicted molar refractivity (Wildman–Crippen MR) is 103 cm³/mol. The summed E-state index contributed by atoms with van der Waals surface area (Å²) in [6, 6.07) is 13.8. The van der Waals surface area contributed by atoms with Crippen molar-refractivity contribution in [2.75, 3.05) is 5.32 Å². The fourth-order valence-electron chi connectivity index (χ4n) is 3.20. The van der Waals surface area contributed by atoms with E-state index in [4.69, 9.17) is 9.47 Å². The highest BCUT2D eigenvalue weighted by Gasteiger charge is 2.36. The van der Waals surface area contributed by atoms with Gasteiger partial charge in [0.2, 0.25) is 5.79 Å². The third-order valence-electron chi connectivity index (χ3n) is 4.61. The minimum absolute atomic E-state index is 0.362. The lowest BCUT2D eigenvalue weighted by molar-refractivity contribution is -0.208. The molecule has 0 aliphatic carbocycles. The molecule has 2 aromatic rings. The number of carbonyl (C=O) groups is 1. The van der Waals surface area contributed by atoms with Crippen molar-refractivity contribution < 1.29 is 27.4 Å². The first-order valence-electron chi connectivity index (χ1n) is 9.17. The Kier molecular flexibility index (Phi) is 5.59. The topological polar surface area (TPSA) is 47.6 Å². The van der Waals surface area contributed by atoms with E-state index < -0.39 is 29.5 Å². The molecule has 1 heterocycles. The van der Waals surface area contributed by atoms with Crippen LogP contribution < -0.4 is 5.32 Å². The fraction of sp³-hybridized carbons (Fsp3) is 0.318. The molecule has 0 bridgehead atoms. The maximum Gasteiger partial charge on any atom is 0.416 e. The van der Waals surface area contributed by atoms with Gasteiger partial charge in [0.05, 0.1) is 17.7 Å². The van der Waals surface area contributed by atoms with Gasteiger partial charge in [0.15, 0.2) is 0 Å². The van der Waals surface area contributed by atoms with Gasteiger partial charge in [0.1, 0.15) is 5.76 Å². The van der Waals surface area contributed by atoms with Crippen molar-refractivity contribution in [1.82, 2.24) is 0 Å². The van der Waals surface area contributed by atoms with E-state index in [1.807, 2.05) is 37.3 Å². The zero-order chi connectivity index (χ0) is 21.2. The number of cyclic esters (lactones) is 1. The number of carbonyl (C=O) groups excluding carboxylic acids is 1. The Morgan fingerprint density at radius 2 is 1.59 bits per heavy atom. The van der Waals surface area contributed by atoms with Gasteiger partial charge in [0.25, 0.3) is 0 Å². The Morgan fingerprint density at radius 3 is 2.14 bits per heavy atom. The van der Waals surface area contributed by atoms with Gasteiger partial charge < -0.3 is 14.8 Å². The minimum atomic E-state index is -4.41. The van der Waals surface area contributed by atoms with Crippen molar-refractivity contribution in [1.29, 1.82) is 0 Å². The molecule has 0 amide bonds. The molecule has 0 unspecified atom stereocenters. The molecule has 2 atom stereocenters. The minimum Gasteiger partial charge on any atom is -0.457 e. The van der Waals surface area contributed by atoms with E-state index in [-0.39, 0.29) is 5.92 Å². The molecule has 0 saturated heterocycles. The summed E-state index contributed by atoms with van der Waals surface area (Å²) in [4.78, 5) is 11.9. The van der Waals surface area contributed by atoms with Crippen molar-refractivity contribution in [2.24, 2.45) is 5.92 Å². The molecular formula is C22H22F3NO3. The molecule has 0 saturated carbocycles. The van der Waals surface area contributed by atoms with Crippen LogP contribution in [0.1, 0.15) is 37.9 Å². The summed E-state index contributed by atoms with van der Waals surface area (Å²) in [7, 11) is 0. The summed E-state index contributed by atoms with van der Waals surface area (Å²) in [5.41, 5.74) is 0.711. The van der Waals surface area contributed by atoms with Gasteiger partial charge in [-0.3, -0.25) is 0 Å². The predicted octanol–water partition coefficient (Wildman–Crippen LogP) is 5.69. The van der Waals surface area contributed by atoms with Crippen molar-refractivity contribution in [3.63, 3.8) is 0 Å². The first-order chi connectivity index (χ1) is 13.5. The SMILES string of the molecule is C[C@H](C1=CC(=O)OC(C)(C)O1)[C@@H](Nc1ccccc1)c1ccc(C(F)(F)F)cc1. The zero-order valence-electron chi connectivity index (χ0n) is 16.3. The highest BCUT2D eigenvalue weighted by Crippen LogP contribution is 2.37. The lowest BCUT2D eigenvalue weighted by Gasteiger charge is -2.36. The maximum atomic E-state index is 12.9. The van der Waals surface area contributed by atoms with Crippen LogP contribution in [-0.2, 0) is 20.4 Å². The van der Waals surface area contributed by atoms with E-state index in [1.54, 1.807) is 13.8 Å². The van der Waals surface area contributed by atoms with Gasteiger partial charge in [-0.2, -0.15) is 13.2 Å². The van der Waals surface area contributed by atoms with Gasteiger partial charge in [0, 0.05) is 25.5 Å². The van der Waals surface area contributed by atoms with Crippen LogP contribution in [0.25, 0.3) is 0 Å². The molecule has 0 radical (unpaired) electrons. The molecule has 154 valence electrons. The molecule has 1 aliphatic rings. The lowest BCUT2D eigenvalue weighted by Crippen LogP contribution is -2.37. The number of alkyl halides is 3. The monoisotopic (exact) mass is 405 g/mol. The van der Waals surface area contributed by atoms with Crippen molar-refractivity contribution >= 4 is 11.7 Å². The van der Waals surface area contributed by atoms with Gasteiger partial charge in [-0.05, 0) is 29.8 Å². The van der Waals surface area contributed by atoms with E-state index in [9.17, 15) is 18.0 Å². The van der Waals surface area contributed by atoms with Crippen LogP contribution in [0.2, 0.25) is 0 Å². The molecule has 4 nitrogen and oxygen atoms in total. The average molecular weight is 405 g/mol. The highest BCUT2D eigenvalue weighted by molar-refractivity contribution is 5.83. The molecule has 7 heteroatoms. The summed E-state index contributed by atoms with van der Waals surface area (Å²) < 4.78 is 49.8. The Balaban J connectivity index is 1.96. The second-order valence-electron chi connectivity index (χ2n) is 7.37. The second-order valence-corrected chi connectivity index (χ2v) is 7.37. The third kappa shape index (κ3) is 5.10. The van der Waals surface area contributed by atoms with Gasteiger partial charge >= 0.3 is 12.1 Å². The molecule has 1 aliphatic heterocycles. The molecular weight excluding hydrogens is 383 g/mol. The van der Waals surface area contributed by atoms with Gasteiger partial charge in [-0.15, -0.1) is 0 Å². The van der Waals surface area contributed by atoms with Gasteiger partial charge in [-0.1, -0.05) is 37.3 Å². The van der Waals surface area contributed by atoms with Crippen molar-refractivity contribution in [3.05, 3.63) is 77.6 Å². The van der Waals surface area contributed by atoms with Crippen LogP contribution >= 0.6 is 0 Å². The van der Waals surface area contributed by atoms with Crippen LogP contribution in [0.4, 0.5) is 18.9 Å². The van der Waals surface area contributed by atoms with Gasteiger partial charge in [-0.25, -0.2) is 4.79 Å². The largest absolute Gasteiger partial charge is 0.457 e. The van der Waals surface area contributed by atoms with Crippen molar-refractivity contribution in [2.45, 2.75) is 38.8 Å². The van der Waals surface area contributed by atoms with E-state index in [0.717, 1.165) is 17.8 Å². The molecule has 1 N–H and O–H groups in total. The van der Waals surface area contributed by atoms with Crippen LogP contribution in [0.3, 0.4) is 0 Å². The van der Waals surface area contributed by atoms with E-state index >= 15 is 0 Å². The van der Waals surface area contributed by atoms with Crippen LogP contribution in [0.5, 0.6) is 0 Å². The molecule has 0 spiro atoms. The fourth-order valence-corrected chi connectivity index (χ4v) is 3.20. The summed E-state index contributed by atoms with van der Waals surface area (Å²) >= 11 is 0. The van der Waals surface area contributed by atoms with E-state index in [1.165, 1.54) is 18.2 Å². The first kappa shape index (κ1) is 20.8. The molecule has 0 aromatic heterocycles. The number of hydrogen-bond donors (Lipinski definition) is 1. The van der Waals surface area contributed by atoms with Crippen LogP contribution in [0, 0.1) is 5.92 Å². The molecule has 3 rings (SSSR count). The van der Waals surface area contributed by atoms with E-state index in [2.05, 4.69) is 5.32 Å². The molecule has 2 aromatic carbocycles. The van der Waals surface area contributed by atoms with E-state index in [0.29, 0.717) is 11.3 Å². The molecule has 0 fully saturated rings. The van der Waals surface area contributed by atoms with Crippen molar-refractivity contribution in [3.8, 4) is 0 Å². The standard InChI is InChI=1S/C22H22F3NO3/c1-14(18-13-19(27)29-21(2,3)28-18)20(26-17-7-5-4-6-8-17)15-9-11-16(12-10-15)22(23,24)25/h4-14,20,26H,1-3H3/t14-,20-/m1/s1. The highest BCUT2D eigenvalue weighted by atomic mass is 19.4. The summed E-state index contributed by atoms with van der Waals surface area (Å²) in [6.07, 6.45) is -3.13. The number of ether oxygens (including phenoxy) is 2. The number of nitrogens with one attached hydrogen (secondary N) is 1. The molecule has 29 heavy (non-hydrogen) atoms. The number of halogens is 3. The number of para-hydroxylation sites is 1. The zero-order valence-corrected chi connectivity index (χ0v) is 16.3. The maximum absolute atomic E-state index is 12.9. The summed E-state index contributed by atoms with van der Waals surface area (Å²) in [6.45, 7) is 5.10. The first-order valence-corrected chi connectivity index (χ1v) is 9.17. The number of esters is 1. The smallest absolute Gasteiger partial charge is 0.416 e. The van der Waals surface area contributed by atoms with Crippen LogP contribution in [-0.4, -0.2) is 11.8 Å². The normalized spacial score (nSPS) is 18.1. The Labute approximate surface area is 167 Å². The third-order valence-corrected chi connectivity index (χ3v) is 4.61. The second kappa shape index (κ2) is 7.81. The summed E-state index contributed by atoms with van der Waals surface area (Å²) in [5.74, 6) is -1.60.